The van der Waals surface area contributed by atoms with Crippen molar-refractivity contribution < 1.29 is 14.3 Å². The van der Waals surface area contributed by atoms with Gasteiger partial charge >= 0.3 is 0 Å². The number of carbonyl (C=O) groups is 1. The van der Waals surface area contributed by atoms with Gasteiger partial charge < -0.3 is 19.7 Å². The molecule has 0 aromatic heterocycles. The maximum atomic E-state index is 12.3. The van der Waals surface area contributed by atoms with Gasteiger partial charge in [0.2, 0.25) is 5.91 Å². The average Bonchev–Trinajstić information content (AvgIpc) is 2.74. The molecule has 2 unspecified atom stereocenters. The van der Waals surface area contributed by atoms with E-state index in [9.17, 15) is 4.79 Å². The zero-order valence-electron chi connectivity index (χ0n) is 11.9. The maximum Gasteiger partial charge on any atom is 0.239 e. The third-order valence-electron chi connectivity index (χ3n) is 3.82. The van der Waals surface area contributed by atoms with Crippen LogP contribution in [0.3, 0.4) is 0 Å². The second-order valence-corrected chi connectivity index (χ2v) is 5.44. The highest BCUT2D eigenvalue weighted by atomic mass is 16.6. The van der Waals surface area contributed by atoms with Gasteiger partial charge in [0.25, 0.3) is 0 Å². The average molecular weight is 270 g/mol. The Hall–Kier alpha value is -0.650. The molecule has 5 nitrogen and oxygen atoms in total. The fourth-order valence-electron chi connectivity index (χ4n) is 2.61. The van der Waals surface area contributed by atoms with Crippen LogP contribution in [-0.2, 0) is 14.3 Å². The van der Waals surface area contributed by atoms with Gasteiger partial charge in [-0.1, -0.05) is 12.8 Å². The van der Waals surface area contributed by atoms with E-state index in [2.05, 4.69) is 5.32 Å². The highest BCUT2D eigenvalue weighted by Gasteiger charge is 2.22. The van der Waals surface area contributed by atoms with Gasteiger partial charge in [-0.15, -0.1) is 0 Å². The van der Waals surface area contributed by atoms with E-state index in [-0.39, 0.29) is 18.1 Å². The second kappa shape index (κ2) is 7.82. The normalized spacial score (nSPS) is 26.8. The summed E-state index contributed by atoms with van der Waals surface area (Å²) in [4.78, 5) is 14.3. The Balaban J connectivity index is 1.71. The second-order valence-electron chi connectivity index (χ2n) is 5.44. The minimum atomic E-state index is -0.136. The molecule has 0 bridgehead atoms. The summed E-state index contributed by atoms with van der Waals surface area (Å²) in [6.07, 6.45) is 4.85. The minimum Gasteiger partial charge on any atom is -0.376 e. The first kappa shape index (κ1) is 14.8. The summed E-state index contributed by atoms with van der Waals surface area (Å²) in [5.41, 5.74) is 0. The molecule has 1 amide bonds. The lowest BCUT2D eigenvalue weighted by Crippen LogP contribution is -2.48. The van der Waals surface area contributed by atoms with Gasteiger partial charge in [0.1, 0.15) is 0 Å². The minimum absolute atomic E-state index is 0.0770. The number of ether oxygens (including phenoxy) is 2. The molecule has 2 heterocycles. The molecule has 2 fully saturated rings. The third kappa shape index (κ3) is 4.75. The Morgan fingerprint density at radius 2 is 2.00 bits per heavy atom. The molecular weight excluding hydrogens is 244 g/mol. The van der Waals surface area contributed by atoms with Gasteiger partial charge in [0.05, 0.1) is 32.0 Å². The van der Waals surface area contributed by atoms with E-state index in [0.29, 0.717) is 26.4 Å². The number of hydrogen-bond acceptors (Lipinski definition) is 4. The molecule has 5 heteroatoms. The van der Waals surface area contributed by atoms with Crippen molar-refractivity contribution in [3.63, 3.8) is 0 Å². The van der Waals surface area contributed by atoms with Crippen LogP contribution in [0.1, 0.15) is 32.6 Å². The highest BCUT2D eigenvalue weighted by Crippen LogP contribution is 2.11. The van der Waals surface area contributed by atoms with Gasteiger partial charge in [-0.05, 0) is 19.8 Å². The smallest absolute Gasteiger partial charge is 0.239 e. The summed E-state index contributed by atoms with van der Waals surface area (Å²) >= 11 is 0. The molecule has 110 valence electrons. The van der Waals surface area contributed by atoms with Gasteiger partial charge in [0.15, 0.2) is 0 Å². The molecule has 2 atom stereocenters. The van der Waals surface area contributed by atoms with Crippen LogP contribution in [-0.4, -0.2) is 62.4 Å². The van der Waals surface area contributed by atoms with Crippen molar-refractivity contribution >= 4 is 5.91 Å². The standard InChI is InChI=1S/C14H26N2O3/c1-12(15-10-13-11-18-8-9-19-13)14(17)16-6-4-2-3-5-7-16/h12-13,15H,2-11H2,1H3. The number of likely N-dealkylation sites (tertiary alicyclic amines) is 1. The first-order chi connectivity index (χ1) is 9.27. The Morgan fingerprint density at radius 1 is 1.26 bits per heavy atom. The highest BCUT2D eigenvalue weighted by molar-refractivity contribution is 5.81. The zero-order chi connectivity index (χ0) is 13.5. The van der Waals surface area contributed by atoms with Crippen molar-refractivity contribution in [2.45, 2.75) is 44.8 Å². The maximum absolute atomic E-state index is 12.3. The number of nitrogens with zero attached hydrogens (tertiary/aromatic N) is 1. The fourth-order valence-corrected chi connectivity index (χ4v) is 2.61. The van der Waals surface area contributed by atoms with E-state index in [1.807, 2.05) is 11.8 Å². The van der Waals surface area contributed by atoms with Crippen molar-refractivity contribution in [3.05, 3.63) is 0 Å². The summed E-state index contributed by atoms with van der Waals surface area (Å²) in [6, 6.07) is -0.136. The van der Waals surface area contributed by atoms with Crippen LogP contribution < -0.4 is 5.32 Å². The molecule has 2 saturated heterocycles. The number of rotatable bonds is 4. The van der Waals surface area contributed by atoms with Crippen molar-refractivity contribution in [1.82, 2.24) is 10.2 Å². The molecule has 0 aromatic carbocycles. The molecule has 2 aliphatic heterocycles. The molecule has 1 N–H and O–H groups in total. The van der Waals surface area contributed by atoms with Crippen LogP contribution in [0.25, 0.3) is 0 Å². The van der Waals surface area contributed by atoms with E-state index >= 15 is 0 Å². The summed E-state index contributed by atoms with van der Waals surface area (Å²) < 4.78 is 10.9. The van der Waals surface area contributed by atoms with Gasteiger partial charge in [-0.3, -0.25) is 4.79 Å². The van der Waals surface area contributed by atoms with Gasteiger partial charge in [0, 0.05) is 19.6 Å². The molecule has 0 aromatic rings. The van der Waals surface area contributed by atoms with Crippen molar-refractivity contribution in [2.75, 3.05) is 39.5 Å². The van der Waals surface area contributed by atoms with E-state index < -0.39 is 0 Å². The third-order valence-corrected chi connectivity index (χ3v) is 3.82. The van der Waals surface area contributed by atoms with E-state index in [0.717, 1.165) is 25.9 Å². The monoisotopic (exact) mass is 270 g/mol. The summed E-state index contributed by atoms with van der Waals surface area (Å²) in [6.45, 7) is 6.40. The number of amides is 1. The molecule has 2 rings (SSSR count). The Labute approximate surface area is 115 Å². The van der Waals surface area contributed by atoms with E-state index in [1.165, 1.54) is 12.8 Å². The summed E-state index contributed by atoms with van der Waals surface area (Å²) in [5.74, 6) is 0.221. The summed E-state index contributed by atoms with van der Waals surface area (Å²) in [7, 11) is 0. The van der Waals surface area contributed by atoms with Crippen molar-refractivity contribution in [1.29, 1.82) is 0 Å². The lowest BCUT2D eigenvalue weighted by atomic mass is 10.2. The van der Waals surface area contributed by atoms with E-state index in [4.69, 9.17) is 9.47 Å². The Kier molecular flexibility index (Phi) is 6.07. The topological polar surface area (TPSA) is 50.8 Å². The van der Waals surface area contributed by atoms with Crippen LogP contribution in [0.15, 0.2) is 0 Å². The molecule has 0 saturated carbocycles. The van der Waals surface area contributed by atoms with Gasteiger partial charge in [-0.2, -0.15) is 0 Å². The summed E-state index contributed by atoms with van der Waals surface area (Å²) in [5, 5.41) is 3.27. The Bertz CT molecular complexity index is 272. The van der Waals surface area contributed by atoms with Crippen LogP contribution in [0.5, 0.6) is 0 Å². The van der Waals surface area contributed by atoms with Crippen LogP contribution in [0.2, 0.25) is 0 Å². The molecule has 2 aliphatic rings. The van der Waals surface area contributed by atoms with Gasteiger partial charge in [-0.25, -0.2) is 0 Å². The quantitative estimate of drug-likeness (QED) is 0.820. The molecule has 0 spiro atoms. The molecule has 19 heavy (non-hydrogen) atoms. The lowest BCUT2D eigenvalue weighted by Gasteiger charge is -2.27. The SMILES string of the molecule is CC(NCC1COCCO1)C(=O)N1CCCCCC1. The predicted molar refractivity (Wildman–Crippen MR) is 73.1 cm³/mol. The predicted octanol–water partition coefficient (Wildman–Crippen LogP) is 0.783. The van der Waals surface area contributed by atoms with E-state index in [1.54, 1.807) is 0 Å². The molecule has 0 aliphatic carbocycles. The number of hydrogen-bond donors (Lipinski definition) is 1. The first-order valence-electron chi connectivity index (χ1n) is 7.49. The number of carbonyl (C=O) groups excluding carboxylic acids is 1. The molecular formula is C14H26N2O3. The first-order valence-corrected chi connectivity index (χ1v) is 7.49. The number of nitrogens with one attached hydrogen (secondary N) is 1. The van der Waals surface area contributed by atoms with Crippen molar-refractivity contribution in [2.24, 2.45) is 0 Å². The van der Waals surface area contributed by atoms with Crippen molar-refractivity contribution in [3.8, 4) is 0 Å². The Morgan fingerprint density at radius 3 is 2.63 bits per heavy atom. The van der Waals surface area contributed by atoms with Crippen LogP contribution in [0, 0.1) is 0 Å². The van der Waals surface area contributed by atoms with Crippen LogP contribution in [0.4, 0.5) is 0 Å². The fraction of sp³-hybridized carbons (Fsp3) is 0.929. The zero-order valence-corrected chi connectivity index (χ0v) is 11.9. The largest absolute Gasteiger partial charge is 0.376 e. The van der Waals surface area contributed by atoms with Crippen LogP contribution >= 0.6 is 0 Å². The molecule has 0 radical (unpaired) electrons. The lowest BCUT2D eigenvalue weighted by molar-refractivity contribution is -0.133.